The molecule has 0 fully saturated rings. The molecule has 11 heteroatoms. The minimum Gasteiger partial charge on any atom is -0.344 e. The first kappa shape index (κ1) is 23.0. The van der Waals surface area contributed by atoms with E-state index >= 15 is 0 Å². The van der Waals surface area contributed by atoms with Crippen LogP contribution in [0.5, 0.6) is 0 Å². The first-order valence-electron chi connectivity index (χ1n) is 9.22. The first-order valence-corrected chi connectivity index (χ1v) is 11.4. The second kappa shape index (κ2) is 10.1. The number of aryl methyl sites for hydroxylation is 1. The molecule has 1 aromatic carbocycles. The van der Waals surface area contributed by atoms with E-state index in [0.29, 0.717) is 38.3 Å². The molecular formula is C20H21ClN6O2S2. The summed E-state index contributed by atoms with van der Waals surface area (Å²) >= 11 is 8.51. The number of carbonyl (C=O) groups excluding carboxylic acids is 2. The number of benzene rings is 1. The van der Waals surface area contributed by atoms with Crippen LogP contribution in [0.2, 0.25) is 5.02 Å². The number of allylic oxidation sites excluding steroid dienone is 1. The number of rotatable bonds is 8. The number of halogens is 1. The van der Waals surface area contributed by atoms with Crippen LogP contribution in [-0.4, -0.2) is 56.3 Å². The van der Waals surface area contributed by atoms with E-state index < -0.39 is 0 Å². The lowest BCUT2D eigenvalue weighted by molar-refractivity contribution is -0.113. The van der Waals surface area contributed by atoms with E-state index in [1.165, 1.54) is 16.7 Å². The molecule has 3 aromatic rings. The lowest BCUT2D eigenvalue weighted by atomic mass is 10.2. The van der Waals surface area contributed by atoms with Gasteiger partial charge in [-0.1, -0.05) is 52.9 Å². The van der Waals surface area contributed by atoms with Gasteiger partial charge in [-0.25, -0.2) is 4.98 Å². The van der Waals surface area contributed by atoms with Gasteiger partial charge in [0.1, 0.15) is 4.88 Å². The van der Waals surface area contributed by atoms with Gasteiger partial charge in [0.25, 0.3) is 5.91 Å². The Balaban J connectivity index is 1.70. The molecule has 31 heavy (non-hydrogen) atoms. The number of thiazole rings is 1. The molecule has 2 aromatic heterocycles. The van der Waals surface area contributed by atoms with Gasteiger partial charge in [0.2, 0.25) is 5.91 Å². The predicted molar refractivity (Wildman–Crippen MR) is 125 cm³/mol. The summed E-state index contributed by atoms with van der Waals surface area (Å²) in [6, 6.07) is 7.34. The number of hydrogen-bond acceptors (Lipinski definition) is 7. The molecule has 2 amide bonds. The fraction of sp³-hybridized carbons (Fsp3) is 0.250. The van der Waals surface area contributed by atoms with Gasteiger partial charge in [0.05, 0.1) is 11.4 Å². The molecule has 3 rings (SSSR count). The largest absolute Gasteiger partial charge is 0.344 e. The molecule has 0 unspecified atom stereocenters. The quantitative estimate of drug-likeness (QED) is 0.390. The van der Waals surface area contributed by atoms with Crippen molar-refractivity contribution in [3.8, 4) is 11.4 Å². The lowest BCUT2D eigenvalue weighted by Gasteiger charge is -2.08. The van der Waals surface area contributed by atoms with Crippen molar-refractivity contribution in [1.29, 1.82) is 0 Å². The van der Waals surface area contributed by atoms with Crippen LogP contribution >= 0.6 is 34.7 Å². The highest BCUT2D eigenvalue weighted by atomic mass is 35.5. The Hall–Kier alpha value is -2.69. The van der Waals surface area contributed by atoms with Crippen LogP contribution in [-0.2, 0) is 11.3 Å². The maximum Gasteiger partial charge on any atom is 0.265 e. The highest BCUT2D eigenvalue weighted by molar-refractivity contribution is 7.99. The number of nitrogens with zero attached hydrogens (tertiary/aromatic N) is 5. The van der Waals surface area contributed by atoms with Crippen LogP contribution < -0.4 is 5.32 Å². The Bertz CT molecular complexity index is 1120. The number of nitrogens with one attached hydrogen (secondary N) is 1. The SMILES string of the molecule is C=CCn1c(SCC(=O)Nc2nc(C)c(C(=O)N(C)C)s2)nnc1-c1cccc(Cl)c1. The second-order valence-corrected chi connectivity index (χ2v) is 9.06. The monoisotopic (exact) mass is 476 g/mol. The first-order chi connectivity index (χ1) is 14.8. The minimum absolute atomic E-state index is 0.112. The number of anilines is 1. The molecule has 0 aliphatic rings. The molecule has 1 N–H and O–H groups in total. The van der Waals surface area contributed by atoms with Gasteiger partial charge in [-0.3, -0.25) is 14.2 Å². The Morgan fingerprint density at radius 3 is 2.81 bits per heavy atom. The third-order valence-corrected chi connectivity index (χ3v) is 6.35. The summed E-state index contributed by atoms with van der Waals surface area (Å²) in [5.41, 5.74) is 1.41. The average Bonchev–Trinajstić information content (AvgIpc) is 3.29. The van der Waals surface area contributed by atoms with E-state index in [0.717, 1.165) is 16.9 Å². The number of amides is 2. The van der Waals surface area contributed by atoms with Crippen LogP contribution in [0.15, 0.2) is 42.1 Å². The number of hydrogen-bond donors (Lipinski definition) is 1. The van der Waals surface area contributed by atoms with Crippen molar-refractivity contribution in [2.75, 3.05) is 25.2 Å². The van der Waals surface area contributed by atoms with E-state index in [-0.39, 0.29) is 17.6 Å². The summed E-state index contributed by atoms with van der Waals surface area (Å²) in [4.78, 5) is 30.9. The topological polar surface area (TPSA) is 93.0 Å². The standard InChI is InChI=1S/C20H21ClN6O2S2/c1-5-9-27-17(13-7-6-8-14(21)10-13)24-25-20(27)30-11-15(28)23-19-22-12(2)16(31-19)18(29)26(3)4/h5-8,10H,1,9,11H2,2-4H3,(H,22,23,28). The molecule has 0 aliphatic heterocycles. The van der Waals surface area contributed by atoms with Crippen LogP contribution in [0, 0.1) is 6.92 Å². The van der Waals surface area contributed by atoms with Crippen LogP contribution in [0.25, 0.3) is 11.4 Å². The van der Waals surface area contributed by atoms with Crippen molar-refractivity contribution in [2.24, 2.45) is 0 Å². The normalized spacial score (nSPS) is 10.7. The summed E-state index contributed by atoms with van der Waals surface area (Å²) < 4.78 is 1.87. The Morgan fingerprint density at radius 1 is 1.35 bits per heavy atom. The summed E-state index contributed by atoms with van der Waals surface area (Å²) in [6.07, 6.45) is 1.74. The zero-order valence-electron chi connectivity index (χ0n) is 17.3. The fourth-order valence-electron chi connectivity index (χ4n) is 2.67. The summed E-state index contributed by atoms with van der Waals surface area (Å²) in [5, 5.41) is 12.8. The van der Waals surface area contributed by atoms with E-state index in [1.807, 2.05) is 22.8 Å². The Morgan fingerprint density at radius 2 is 2.13 bits per heavy atom. The molecule has 0 saturated heterocycles. The molecule has 2 heterocycles. The van der Waals surface area contributed by atoms with Gasteiger partial charge in [-0.15, -0.1) is 16.8 Å². The number of aromatic nitrogens is 4. The molecule has 0 bridgehead atoms. The highest BCUT2D eigenvalue weighted by Gasteiger charge is 2.19. The number of thioether (sulfide) groups is 1. The summed E-state index contributed by atoms with van der Waals surface area (Å²) in [7, 11) is 3.35. The zero-order chi connectivity index (χ0) is 22.5. The van der Waals surface area contributed by atoms with Gasteiger partial charge < -0.3 is 10.2 Å². The molecule has 0 aliphatic carbocycles. The second-order valence-electron chi connectivity index (χ2n) is 6.69. The summed E-state index contributed by atoms with van der Waals surface area (Å²) in [5.74, 6) is 0.365. The summed E-state index contributed by atoms with van der Waals surface area (Å²) in [6.45, 7) is 6.02. The van der Waals surface area contributed by atoms with Crippen molar-refractivity contribution in [2.45, 2.75) is 18.6 Å². The van der Waals surface area contributed by atoms with Crippen molar-refractivity contribution < 1.29 is 9.59 Å². The molecule has 162 valence electrons. The third kappa shape index (κ3) is 5.52. The molecule has 0 atom stereocenters. The smallest absolute Gasteiger partial charge is 0.265 e. The maximum atomic E-state index is 12.4. The molecule has 8 nitrogen and oxygen atoms in total. The molecular weight excluding hydrogens is 456 g/mol. The maximum absolute atomic E-state index is 12.4. The highest BCUT2D eigenvalue weighted by Crippen LogP contribution is 2.27. The molecule has 0 spiro atoms. The van der Waals surface area contributed by atoms with Gasteiger partial charge in [0.15, 0.2) is 16.1 Å². The van der Waals surface area contributed by atoms with Crippen LogP contribution in [0.1, 0.15) is 15.4 Å². The van der Waals surface area contributed by atoms with E-state index in [4.69, 9.17) is 11.6 Å². The van der Waals surface area contributed by atoms with Crippen LogP contribution in [0.4, 0.5) is 5.13 Å². The van der Waals surface area contributed by atoms with Crippen molar-refractivity contribution in [3.05, 3.63) is 52.5 Å². The molecule has 0 radical (unpaired) electrons. The van der Waals surface area contributed by atoms with Crippen molar-refractivity contribution >= 4 is 51.6 Å². The Labute approximate surface area is 193 Å². The zero-order valence-corrected chi connectivity index (χ0v) is 19.6. The van der Waals surface area contributed by atoms with Gasteiger partial charge in [-0.05, 0) is 19.1 Å². The van der Waals surface area contributed by atoms with E-state index in [9.17, 15) is 9.59 Å². The fourth-order valence-corrected chi connectivity index (χ4v) is 4.61. The number of carbonyl (C=O) groups is 2. The minimum atomic E-state index is -0.250. The Kier molecular flexibility index (Phi) is 7.47. The van der Waals surface area contributed by atoms with Crippen molar-refractivity contribution in [3.63, 3.8) is 0 Å². The van der Waals surface area contributed by atoms with Crippen molar-refractivity contribution in [1.82, 2.24) is 24.6 Å². The molecule has 0 saturated carbocycles. The van der Waals surface area contributed by atoms with Gasteiger partial charge >= 0.3 is 0 Å². The van der Waals surface area contributed by atoms with E-state index in [2.05, 4.69) is 27.1 Å². The predicted octanol–water partition coefficient (Wildman–Crippen LogP) is 3.98. The average molecular weight is 477 g/mol. The van der Waals surface area contributed by atoms with Crippen LogP contribution in [0.3, 0.4) is 0 Å². The van der Waals surface area contributed by atoms with Gasteiger partial charge in [-0.2, -0.15) is 0 Å². The third-order valence-electron chi connectivity index (χ3n) is 4.09. The van der Waals surface area contributed by atoms with E-state index in [1.54, 1.807) is 33.2 Å². The lowest BCUT2D eigenvalue weighted by Crippen LogP contribution is -2.21. The van der Waals surface area contributed by atoms with Gasteiger partial charge in [0, 0.05) is 31.2 Å².